The Labute approximate surface area is 54.9 Å². The fraction of sp³-hybridized carbons (Fsp3) is 0.833. The van der Waals surface area contributed by atoms with Crippen LogP contribution in [0.4, 0.5) is 0 Å². The SMILES string of the molecule is CC(OC(C)(C)C)=[O+][O-]. The van der Waals surface area contributed by atoms with Crippen molar-refractivity contribution in [2.45, 2.75) is 33.3 Å². The van der Waals surface area contributed by atoms with Crippen molar-refractivity contribution < 1.29 is 14.6 Å². The van der Waals surface area contributed by atoms with Gasteiger partial charge < -0.3 is 9.99 Å². The molecule has 0 aliphatic heterocycles. The van der Waals surface area contributed by atoms with Gasteiger partial charge in [0.25, 0.3) is 0 Å². The summed E-state index contributed by atoms with van der Waals surface area (Å²) >= 11 is 0. The molecule has 0 radical (unpaired) electrons. The largest absolute Gasteiger partial charge is 0.588 e. The third-order valence-electron chi connectivity index (χ3n) is 0.567. The number of rotatable bonds is 0. The van der Waals surface area contributed by atoms with Crippen molar-refractivity contribution in [2.24, 2.45) is 0 Å². The van der Waals surface area contributed by atoms with Crippen molar-refractivity contribution >= 4 is 5.97 Å². The fourth-order valence-electron chi connectivity index (χ4n) is 0.448. The average molecular weight is 132 g/mol. The zero-order valence-electron chi connectivity index (χ0n) is 6.22. The van der Waals surface area contributed by atoms with Crippen molar-refractivity contribution in [3.8, 4) is 0 Å². The van der Waals surface area contributed by atoms with E-state index in [1.807, 2.05) is 20.8 Å². The van der Waals surface area contributed by atoms with Gasteiger partial charge in [0.15, 0.2) is 5.60 Å². The number of carbonyl (C=O) groups excluding carboxylic acids is 1. The second-order valence-corrected chi connectivity index (χ2v) is 2.79. The number of ether oxygens (including phenoxy) is 1. The van der Waals surface area contributed by atoms with E-state index in [0.717, 1.165) is 0 Å². The van der Waals surface area contributed by atoms with Crippen LogP contribution in [0.25, 0.3) is 0 Å². The number of esters is 1. The Morgan fingerprint density at radius 2 is 1.89 bits per heavy atom. The molecule has 0 bridgehead atoms. The normalized spacial score (nSPS) is 13.6. The van der Waals surface area contributed by atoms with Crippen LogP contribution in [0.5, 0.6) is 0 Å². The fourth-order valence-corrected chi connectivity index (χ4v) is 0.448. The highest BCUT2D eigenvalue weighted by Crippen LogP contribution is 2.05. The molecule has 0 atom stereocenters. The maximum atomic E-state index is 9.65. The molecule has 0 rings (SSSR count). The Balaban J connectivity index is 3.75. The molecule has 0 aliphatic carbocycles. The van der Waals surface area contributed by atoms with Gasteiger partial charge in [-0.05, 0) is 0 Å². The molecule has 0 fully saturated rings. The Morgan fingerprint density at radius 1 is 1.44 bits per heavy atom. The Hall–Kier alpha value is -0.730. The first-order valence-electron chi connectivity index (χ1n) is 2.78. The number of hydrogen-bond donors (Lipinski definition) is 0. The highest BCUT2D eigenvalue weighted by atomic mass is 17.1. The summed E-state index contributed by atoms with van der Waals surface area (Å²) in [6.45, 7) is 7.01. The van der Waals surface area contributed by atoms with E-state index < -0.39 is 0 Å². The average Bonchev–Trinajstić information content (AvgIpc) is 1.62. The van der Waals surface area contributed by atoms with Crippen molar-refractivity contribution in [1.82, 2.24) is 0 Å². The van der Waals surface area contributed by atoms with E-state index in [2.05, 4.69) is 4.58 Å². The minimum Gasteiger partial charge on any atom is -0.588 e. The monoisotopic (exact) mass is 132 g/mol. The molecule has 0 saturated heterocycles. The van der Waals surface area contributed by atoms with Crippen LogP contribution in [-0.2, 0) is 9.31 Å². The van der Waals surface area contributed by atoms with Crippen LogP contribution in [0.15, 0.2) is 0 Å². The predicted molar refractivity (Wildman–Crippen MR) is 31.5 cm³/mol. The lowest BCUT2D eigenvalue weighted by atomic mass is 10.2. The molecule has 0 heterocycles. The molecule has 0 aromatic carbocycles. The molecule has 0 N–H and O–H groups in total. The van der Waals surface area contributed by atoms with Gasteiger partial charge in [0.1, 0.15) is 0 Å². The van der Waals surface area contributed by atoms with E-state index in [1.54, 1.807) is 0 Å². The van der Waals surface area contributed by atoms with Crippen LogP contribution in [0.1, 0.15) is 27.7 Å². The summed E-state index contributed by atoms with van der Waals surface area (Å²) in [6.07, 6.45) is 0. The first-order chi connectivity index (χ1) is 3.95. The Kier molecular flexibility index (Phi) is 2.49. The zero-order valence-corrected chi connectivity index (χ0v) is 6.22. The van der Waals surface area contributed by atoms with Crippen LogP contribution in [0.2, 0.25) is 0 Å². The minimum atomic E-state index is -0.339. The maximum absolute atomic E-state index is 9.65. The maximum Gasteiger partial charge on any atom is 0.494 e. The van der Waals surface area contributed by atoms with Crippen LogP contribution >= 0.6 is 0 Å². The molecule has 3 nitrogen and oxygen atoms in total. The molecule has 54 valence electrons. The van der Waals surface area contributed by atoms with Crippen molar-refractivity contribution in [1.29, 1.82) is 0 Å². The standard InChI is InChI=1S/C6H12O3/c1-5(9-7)8-6(2,3)4/h1-4H3. The molecule has 0 aromatic heterocycles. The molecule has 9 heavy (non-hydrogen) atoms. The quantitative estimate of drug-likeness (QED) is 0.204. The van der Waals surface area contributed by atoms with Crippen molar-refractivity contribution in [3.63, 3.8) is 0 Å². The second kappa shape index (κ2) is 2.71. The lowest BCUT2D eigenvalue weighted by Gasteiger charge is -2.09. The molecule has 0 saturated carbocycles. The van der Waals surface area contributed by atoms with Gasteiger partial charge in [-0.1, -0.05) is 0 Å². The second-order valence-electron chi connectivity index (χ2n) is 2.79. The van der Waals surface area contributed by atoms with E-state index in [9.17, 15) is 5.26 Å². The molecule has 3 heteroatoms. The summed E-state index contributed by atoms with van der Waals surface area (Å²) in [5, 5.41) is 9.65. The van der Waals surface area contributed by atoms with Crippen molar-refractivity contribution in [3.05, 3.63) is 0 Å². The molecule has 0 aliphatic rings. The Bertz CT molecular complexity index is 110. The summed E-state index contributed by atoms with van der Waals surface area (Å²) in [4.78, 5) is 0. The lowest BCUT2D eigenvalue weighted by molar-refractivity contribution is -1.05. The zero-order chi connectivity index (χ0) is 7.49. The molecular weight excluding hydrogens is 120 g/mol. The molecule has 0 amide bonds. The van der Waals surface area contributed by atoms with E-state index >= 15 is 0 Å². The summed E-state index contributed by atoms with van der Waals surface area (Å²) < 4.78 is 8.54. The van der Waals surface area contributed by atoms with Gasteiger partial charge in [-0.3, -0.25) is 4.58 Å². The summed E-state index contributed by atoms with van der Waals surface area (Å²) in [5.41, 5.74) is -0.339. The molecule has 0 spiro atoms. The molecular formula is C6H12O3. The molecule has 0 aromatic rings. The first-order valence-corrected chi connectivity index (χ1v) is 2.78. The highest BCUT2D eigenvalue weighted by molar-refractivity contribution is 5.66. The van der Waals surface area contributed by atoms with Gasteiger partial charge in [0.2, 0.25) is 0 Å². The summed E-state index contributed by atoms with van der Waals surface area (Å²) in [7, 11) is 0. The van der Waals surface area contributed by atoms with Gasteiger partial charge in [-0.25, -0.2) is 0 Å². The third-order valence-corrected chi connectivity index (χ3v) is 0.567. The predicted octanol–water partition coefficient (Wildman–Crippen LogP) is 0.159. The highest BCUT2D eigenvalue weighted by Gasteiger charge is 2.21. The first kappa shape index (κ1) is 8.27. The summed E-state index contributed by atoms with van der Waals surface area (Å²) in [5.74, 6) is 0.0579. The minimum absolute atomic E-state index is 0.0579. The van der Waals surface area contributed by atoms with E-state index in [0.29, 0.717) is 0 Å². The van der Waals surface area contributed by atoms with Crippen LogP contribution < -0.4 is 5.26 Å². The topological polar surface area (TPSA) is 43.6 Å². The smallest absolute Gasteiger partial charge is 0.494 e. The van der Waals surface area contributed by atoms with Gasteiger partial charge in [-0.15, -0.1) is 0 Å². The number of hydrogen-bond acceptors (Lipinski definition) is 2. The van der Waals surface area contributed by atoms with Crippen LogP contribution in [0, 0.1) is 0 Å². The van der Waals surface area contributed by atoms with Crippen LogP contribution in [-0.4, -0.2) is 11.6 Å². The lowest BCUT2D eigenvalue weighted by Crippen LogP contribution is -2.24. The molecule has 0 unspecified atom stereocenters. The van der Waals surface area contributed by atoms with Gasteiger partial charge >= 0.3 is 5.97 Å². The van der Waals surface area contributed by atoms with E-state index in [1.165, 1.54) is 6.92 Å². The summed E-state index contributed by atoms with van der Waals surface area (Å²) in [6, 6.07) is 0. The van der Waals surface area contributed by atoms with Gasteiger partial charge in [0.05, 0.1) is 6.92 Å². The third kappa shape index (κ3) is 5.14. The van der Waals surface area contributed by atoms with Crippen molar-refractivity contribution in [2.75, 3.05) is 0 Å². The Morgan fingerprint density at radius 3 is 2.00 bits per heavy atom. The van der Waals surface area contributed by atoms with Gasteiger partial charge in [0, 0.05) is 20.8 Å². The van der Waals surface area contributed by atoms with Crippen LogP contribution in [0.3, 0.4) is 0 Å². The van der Waals surface area contributed by atoms with Gasteiger partial charge in [-0.2, -0.15) is 0 Å². The van der Waals surface area contributed by atoms with E-state index in [-0.39, 0.29) is 11.6 Å². The van der Waals surface area contributed by atoms with E-state index in [4.69, 9.17) is 4.74 Å².